The third-order valence-electron chi connectivity index (χ3n) is 5.94. The minimum Gasteiger partial charge on any atom is -0.465 e. The van der Waals surface area contributed by atoms with Gasteiger partial charge in [0.25, 0.3) is 5.91 Å². The molecule has 172 valence electrons. The maximum atomic E-state index is 13.7. The number of carbonyl (C=O) groups excluding carboxylic acids is 2. The number of aryl methyl sites for hydroxylation is 1. The number of thiocarbonyl (C=S) groups is 1. The normalized spacial score (nSPS) is 18.8. The maximum absolute atomic E-state index is 13.7. The largest absolute Gasteiger partial charge is 0.465 e. The standard InChI is InChI=1S/C25H27N3O4S/c1-16-5-4-6-20(15-16)28-17(2)21(23(29)27-11-13-32-14-12-27)22(26-25(28)33)18-7-9-19(10-8-18)24(30)31-3/h4-10,15,22H,11-14H2,1-3H3,(H,26,33). The van der Waals surface area contributed by atoms with Gasteiger partial charge < -0.3 is 19.7 Å². The molecule has 1 atom stereocenters. The number of carbonyl (C=O) groups is 2. The van der Waals surface area contributed by atoms with Crippen molar-refractivity contribution >= 4 is 34.9 Å². The summed E-state index contributed by atoms with van der Waals surface area (Å²) in [6, 6.07) is 14.6. The van der Waals surface area contributed by atoms with E-state index in [0.717, 1.165) is 22.5 Å². The van der Waals surface area contributed by atoms with Crippen molar-refractivity contribution in [3.8, 4) is 0 Å². The molecule has 1 amide bonds. The summed E-state index contributed by atoms with van der Waals surface area (Å²) in [5.74, 6) is -0.457. The monoisotopic (exact) mass is 465 g/mol. The number of ether oxygens (including phenoxy) is 2. The first-order valence-corrected chi connectivity index (χ1v) is 11.2. The number of amides is 1. The molecule has 1 unspecified atom stereocenters. The van der Waals surface area contributed by atoms with Gasteiger partial charge >= 0.3 is 5.97 Å². The van der Waals surface area contributed by atoms with Crippen LogP contribution in [-0.2, 0) is 14.3 Å². The molecular weight excluding hydrogens is 438 g/mol. The molecule has 2 aliphatic heterocycles. The van der Waals surface area contributed by atoms with Crippen molar-refractivity contribution in [1.29, 1.82) is 0 Å². The summed E-state index contributed by atoms with van der Waals surface area (Å²) in [5.41, 5.74) is 4.69. The zero-order chi connectivity index (χ0) is 23.5. The number of nitrogens with one attached hydrogen (secondary N) is 1. The third-order valence-corrected chi connectivity index (χ3v) is 6.24. The van der Waals surface area contributed by atoms with Gasteiger partial charge in [-0.1, -0.05) is 24.3 Å². The first-order chi connectivity index (χ1) is 15.9. The number of hydrogen-bond donors (Lipinski definition) is 1. The van der Waals surface area contributed by atoms with Gasteiger partial charge in [0.05, 0.1) is 37.5 Å². The Balaban J connectivity index is 1.79. The van der Waals surface area contributed by atoms with Gasteiger partial charge in [0.1, 0.15) is 0 Å². The highest BCUT2D eigenvalue weighted by Gasteiger charge is 2.37. The van der Waals surface area contributed by atoms with Gasteiger partial charge in [-0.05, 0) is 61.5 Å². The SMILES string of the molecule is COC(=O)c1ccc(C2NC(=S)N(c3cccc(C)c3)C(C)=C2C(=O)N2CCOCC2)cc1. The van der Waals surface area contributed by atoms with Crippen LogP contribution in [0.1, 0.15) is 34.5 Å². The minimum absolute atomic E-state index is 0.0505. The van der Waals surface area contributed by atoms with E-state index in [-0.39, 0.29) is 5.91 Å². The predicted molar refractivity (Wildman–Crippen MR) is 130 cm³/mol. The smallest absolute Gasteiger partial charge is 0.337 e. The number of esters is 1. The summed E-state index contributed by atoms with van der Waals surface area (Å²) in [6.45, 7) is 6.07. The molecule has 2 aromatic carbocycles. The Hall–Kier alpha value is -3.23. The van der Waals surface area contributed by atoms with E-state index in [0.29, 0.717) is 42.6 Å². The molecule has 2 aliphatic rings. The molecule has 1 N–H and O–H groups in total. The van der Waals surface area contributed by atoms with Crippen molar-refractivity contribution in [2.24, 2.45) is 0 Å². The summed E-state index contributed by atoms with van der Waals surface area (Å²) in [5, 5.41) is 3.88. The Labute approximate surface area is 199 Å². The lowest BCUT2D eigenvalue weighted by Crippen LogP contribution is -2.51. The van der Waals surface area contributed by atoms with Crippen molar-refractivity contribution in [2.75, 3.05) is 38.3 Å². The molecule has 8 heteroatoms. The number of nitrogens with zero attached hydrogens (tertiary/aromatic N) is 2. The van der Waals surface area contributed by atoms with E-state index in [1.165, 1.54) is 7.11 Å². The second kappa shape index (κ2) is 9.72. The fourth-order valence-corrected chi connectivity index (χ4v) is 4.57. The predicted octanol–water partition coefficient (Wildman–Crippen LogP) is 3.35. The maximum Gasteiger partial charge on any atom is 0.337 e. The summed E-state index contributed by atoms with van der Waals surface area (Å²) in [4.78, 5) is 29.3. The Morgan fingerprint density at radius 2 is 1.79 bits per heavy atom. The molecule has 0 radical (unpaired) electrons. The highest BCUT2D eigenvalue weighted by molar-refractivity contribution is 7.80. The number of morpholine rings is 1. The molecule has 4 rings (SSSR count). The first-order valence-electron chi connectivity index (χ1n) is 10.8. The summed E-state index contributed by atoms with van der Waals surface area (Å²) >= 11 is 5.75. The highest BCUT2D eigenvalue weighted by atomic mass is 32.1. The quantitative estimate of drug-likeness (QED) is 0.549. The molecule has 0 saturated carbocycles. The van der Waals surface area contributed by atoms with Crippen LogP contribution in [0.3, 0.4) is 0 Å². The van der Waals surface area contributed by atoms with Crippen LogP contribution >= 0.6 is 12.2 Å². The Bertz CT molecular complexity index is 1110. The second-order valence-electron chi connectivity index (χ2n) is 8.07. The number of rotatable bonds is 4. The van der Waals surface area contributed by atoms with Gasteiger partial charge in [0.15, 0.2) is 5.11 Å². The van der Waals surface area contributed by atoms with Crippen LogP contribution in [0.2, 0.25) is 0 Å². The topological polar surface area (TPSA) is 71.1 Å². The van der Waals surface area contributed by atoms with E-state index in [2.05, 4.69) is 5.32 Å². The Morgan fingerprint density at radius 3 is 2.42 bits per heavy atom. The number of hydrogen-bond acceptors (Lipinski definition) is 5. The molecule has 1 saturated heterocycles. The fraction of sp³-hybridized carbons (Fsp3) is 0.320. The van der Waals surface area contributed by atoms with Crippen molar-refractivity contribution in [3.63, 3.8) is 0 Å². The van der Waals surface area contributed by atoms with Crippen molar-refractivity contribution in [3.05, 3.63) is 76.5 Å². The minimum atomic E-state index is -0.444. The van der Waals surface area contributed by atoms with E-state index < -0.39 is 12.0 Å². The van der Waals surface area contributed by atoms with Gasteiger partial charge in [-0.2, -0.15) is 0 Å². The van der Waals surface area contributed by atoms with Crippen LogP contribution in [-0.4, -0.2) is 55.3 Å². The fourth-order valence-electron chi connectivity index (χ4n) is 4.21. The zero-order valence-electron chi connectivity index (χ0n) is 19.0. The lowest BCUT2D eigenvalue weighted by molar-refractivity contribution is -0.131. The average molecular weight is 466 g/mol. The Morgan fingerprint density at radius 1 is 1.09 bits per heavy atom. The molecular formula is C25H27N3O4S. The second-order valence-corrected chi connectivity index (χ2v) is 8.46. The zero-order valence-corrected chi connectivity index (χ0v) is 19.8. The summed E-state index contributed by atoms with van der Waals surface area (Å²) in [6.07, 6.45) is 0. The van der Waals surface area contributed by atoms with E-state index in [9.17, 15) is 9.59 Å². The molecule has 2 aromatic rings. The van der Waals surface area contributed by atoms with Crippen LogP contribution < -0.4 is 10.2 Å². The molecule has 0 bridgehead atoms. The van der Waals surface area contributed by atoms with Crippen LogP contribution in [0.5, 0.6) is 0 Å². The molecule has 0 spiro atoms. The van der Waals surface area contributed by atoms with Crippen molar-refractivity contribution in [1.82, 2.24) is 10.2 Å². The van der Waals surface area contributed by atoms with Gasteiger partial charge in [0.2, 0.25) is 0 Å². The average Bonchev–Trinajstić information content (AvgIpc) is 2.83. The van der Waals surface area contributed by atoms with Crippen molar-refractivity contribution < 1.29 is 19.1 Å². The van der Waals surface area contributed by atoms with Crippen LogP contribution in [0.25, 0.3) is 0 Å². The Kier molecular flexibility index (Phi) is 6.76. The van der Waals surface area contributed by atoms with Gasteiger partial charge in [-0.3, -0.25) is 9.69 Å². The van der Waals surface area contributed by atoms with Gasteiger partial charge in [0, 0.05) is 24.5 Å². The molecule has 2 heterocycles. The van der Waals surface area contributed by atoms with E-state index in [1.54, 1.807) is 12.1 Å². The van der Waals surface area contributed by atoms with E-state index in [4.69, 9.17) is 21.7 Å². The van der Waals surface area contributed by atoms with E-state index in [1.807, 2.05) is 60.0 Å². The lowest BCUT2D eigenvalue weighted by atomic mass is 9.92. The van der Waals surface area contributed by atoms with E-state index >= 15 is 0 Å². The highest BCUT2D eigenvalue weighted by Crippen LogP contribution is 2.35. The van der Waals surface area contributed by atoms with Crippen molar-refractivity contribution in [2.45, 2.75) is 19.9 Å². The lowest BCUT2D eigenvalue weighted by Gasteiger charge is -2.40. The third kappa shape index (κ3) is 4.62. The molecule has 1 fully saturated rings. The van der Waals surface area contributed by atoms with Crippen LogP contribution in [0, 0.1) is 6.92 Å². The van der Waals surface area contributed by atoms with Gasteiger partial charge in [-0.25, -0.2) is 4.79 Å². The van der Waals surface area contributed by atoms with Gasteiger partial charge in [-0.15, -0.1) is 0 Å². The molecule has 7 nitrogen and oxygen atoms in total. The molecule has 0 aliphatic carbocycles. The molecule has 33 heavy (non-hydrogen) atoms. The first kappa shape index (κ1) is 22.9. The number of methoxy groups -OCH3 is 1. The van der Waals surface area contributed by atoms with Crippen LogP contribution in [0.15, 0.2) is 59.8 Å². The number of benzene rings is 2. The summed E-state index contributed by atoms with van der Waals surface area (Å²) in [7, 11) is 1.35. The summed E-state index contributed by atoms with van der Waals surface area (Å²) < 4.78 is 10.2. The van der Waals surface area contributed by atoms with Crippen LogP contribution in [0.4, 0.5) is 5.69 Å². The molecule has 0 aromatic heterocycles. The number of allylic oxidation sites excluding steroid dienone is 1. The number of anilines is 1.